The first-order valence-corrected chi connectivity index (χ1v) is 6.88. The van der Waals surface area contributed by atoms with Crippen molar-refractivity contribution in [1.82, 2.24) is 4.90 Å². The van der Waals surface area contributed by atoms with Crippen molar-refractivity contribution in [3.8, 4) is 0 Å². The number of carbonyl (C=O) groups is 4. The van der Waals surface area contributed by atoms with Crippen LogP contribution >= 0.6 is 11.8 Å². The van der Waals surface area contributed by atoms with Gasteiger partial charge in [0.15, 0.2) is 5.12 Å². The van der Waals surface area contributed by atoms with Crippen molar-refractivity contribution in [3.63, 3.8) is 0 Å². The van der Waals surface area contributed by atoms with E-state index in [4.69, 9.17) is 10.2 Å². The molecular weight excluding hydrogens is 286 g/mol. The molecule has 0 aromatic carbocycles. The van der Waals surface area contributed by atoms with Crippen molar-refractivity contribution in [2.75, 3.05) is 12.3 Å². The van der Waals surface area contributed by atoms with E-state index in [9.17, 15) is 19.2 Å². The van der Waals surface area contributed by atoms with Gasteiger partial charge in [-0.15, -0.1) is 0 Å². The molecule has 0 heterocycles. The van der Waals surface area contributed by atoms with E-state index in [1.54, 1.807) is 0 Å². The summed E-state index contributed by atoms with van der Waals surface area (Å²) in [5, 5.41) is 17.8. The molecule has 1 unspecified atom stereocenters. The minimum atomic E-state index is -1.63. The molecule has 0 aliphatic carbocycles. The highest BCUT2D eigenvalue weighted by Crippen LogP contribution is 2.20. The molecule has 7 nitrogen and oxygen atoms in total. The second-order valence-corrected chi connectivity index (χ2v) is 6.08. The van der Waals surface area contributed by atoms with Crippen LogP contribution in [0.25, 0.3) is 0 Å². The zero-order chi connectivity index (χ0) is 16.1. The molecule has 0 rings (SSSR count). The Morgan fingerprint density at radius 2 is 1.70 bits per heavy atom. The minimum absolute atomic E-state index is 0.160. The number of carbonyl (C=O) groups excluding carboxylic acids is 2. The molecule has 0 spiro atoms. The SMILES string of the molecule is CC(=O)SCC(C)C(=O)N(CC(=O)O)C(C)(C)C(=O)O. The summed E-state index contributed by atoms with van der Waals surface area (Å²) in [5.74, 6) is -3.66. The number of hydrogen-bond donors (Lipinski definition) is 2. The molecule has 0 fully saturated rings. The van der Waals surface area contributed by atoms with Crippen LogP contribution < -0.4 is 0 Å². The van der Waals surface area contributed by atoms with Crippen LogP contribution in [0.15, 0.2) is 0 Å². The van der Waals surface area contributed by atoms with Crippen molar-refractivity contribution in [2.24, 2.45) is 5.92 Å². The van der Waals surface area contributed by atoms with Gasteiger partial charge in [0.05, 0.1) is 0 Å². The fourth-order valence-electron chi connectivity index (χ4n) is 1.38. The molecule has 1 amide bonds. The maximum atomic E-state index is 12.2. The maximum absolute atomic E-state index is 12.2. The number of thioether (sulfide) groups is 1. The Morgan fingerprint density at radius 3 is 2.05 bits per heavy atom. The van der Waals surface area contributed by atoms with Gasteiger partial charge in [0.2, 0.25) is 5.91 Å². The lowest BCUT2D eigenvalue weighted by Gasteiger charge is -2.35. The van der Waals surface area contributed by atoms with E-state index in [0.29, 0.717) is 0 Å². The predicted octanol–water partition coefficient (Wildman–Crippen LogP) is 0.679. The second kappa shape index (κ2) is 7.28. The van der Waals surface area contributed by atoms with Gasteiger partial charge in [0.25, 0.3) is 0 Å². The van der Waals surface area contributed by atoms with Crippen molar-refractivity contribution in [1.29, 1.82) is 0 Å². The van der Waals surface area contributed by atoms with Crippen LogP contribution in [-0.2, 0) is 19.2 Å². The van der Waals surface area contributed by atoms with Crippen LogP contribution in [0.1, 0.15) is 27.7 Å². The van der Waals surface area contributed by atoms with Gasteiger partial charge in [0.1, 0.15) is 12.1 Å². The van der Waals surface area contributed by atoms with E-state index in [0.717, 1.165) is 16.7 Å². The van der Waals surface area contributed by atoms with Gasteiger partial charge in [-0.05, 0) is 13.8 Å². The third-order valence-electron chi connectivity index (χ3n) is 2.72. The number of amides is 1. The summed E-state index contributed by atoms with van der Waals surface area (Å²) in [4.78, 5) is 45.9. The lowest BCUT2D eigenvalue weighted by Crippen LogP contribution is -2.56. The number of carboxylic acids is 2. The van der Waals surface area contributed by atoms with Crippen molar-refractivity contribution >= 4 is 34.7 Å². The molecule has 0 aromatic heterocycles. The zero-order valence-corrected chi connectivity index (χ0v) is 12.7. The Morgan fingerprint density at radius 1 is 1.20 bits per heavy atom. The van der Waals surface area contributed by atoms with Crippen LogP contribution in [0.3, 0.4) is 0 Å². The van der Waals surface area contributed by atoms with E-state index < -0.39 is 35.8 Å². The van der Waals surface area contributed by atoms with E-state index in [-0.39, 0.29) is 10.9 Å². The summed E-state index contributed by atoms with van der Waals surface area (Å²) in [5.41, 5.74) is -1.63. The lowest BCUT2D eigenvalue weighted by molar-refractivity contribution is -0.161. The summed E-state index contributed by atoms with van der Waals surface area (Å²) in [6, 6.07) is 0. The molecule has 114 valence electrons. The van der Waals surface area contributed by atoms with Crippen molar-refractivity contribution in [2.45, 2.75) is 33.2 Å². The van der Waals surface area contributed by atoms with E-state index in [2.05, 4.69) is 0 Å². The van der Waals surface area contributed by atoms with E-state index >= 15 is 0 Å². The van der Waals surface area contributed by atoms with Crippen molar-refractivity contribution in [3.05, 3.63) is 0 Å². The smallest absolute Gasteiger partial charge is 0.329 e. The summed E-state index contributed by atoms with van der Waals surface area (Å²) >= 11 is 0.942. The first-order valence-electron chi connectivity index (χ1n) is 5.90. The van der Waals surface area contributed by atoms with Gasteiger partial charge in [-0.1, -0.05) is 18.7 Å². The summed E-state index contributed by atoms with van der Waals surface area (Å²) in [6.07, 6.45) is 0. The van der Waals surface area contributed by atoms with E-state index in [1.165, 1.54) is 27.7 Å². The number of nitrogens with zero attached hydrogens (tertiary/aromatic N) is 1. The molecule has 20 heavy (non-hydrogen) atoms. The maximum Gasteiger partial charge on any atom is 0.329 e. The molecule has 0 radical (unpaired) electrons. The first-order chi connectivity index (χ1) is 9.00. The van der Waals surface area contributed by atoms with Crippen LogP contribution in [0.2, 0.25) is 0 Å². The highest BCUT2D eigenvalue weighted by Gasteiger charge is 2.40. The van der Waals surface area contributed by atoms with Crippen LogP contribution in [0.5, 0.6) is 0 Å². The molecular formula is C12H19NO6S. The standard InChI is InChI=1S/C12H19NO6S/c1-7(6-20-8(2)14)10(17)13(5-9(15)16)12(3,4)11(18)19/h7H,5-6H2,1-4H3,(H,15,16)(H,18,19). The largest absolute Gasteiger partial charge is 0.480 e. The Labute approximate surface area is 121 Å². The second-order valence-electron chi connectivity index (χ2n) is 4.89. The van der Waals surface area contributed by atoms with Gasteiger partial charge >= 0.3 is 11.9 Å². The third-order valence-corrected chi connectivity index (χ3v) is 3.79. The van der Waals surface area contributed by atoms with Gasteiger partial charge in [0, 0.05) is 18.6 Å². The summed E-state index contributed by atoms with van der Waals surface area (Å²) in [7, 11) is 0. The molecule has 1 atom stereocenters. The number of aliphatic carboxylic acids is 2. The van der Waals surface area contributed by atoms with Gasteiger partial charge < -0.3 is 15.1 Å². The fraction of sp³-hybridized carbons (Fsp3) is 0.667. The normalized spacial score (nSPS) is 12.6. The third kappa shape index (κ3) is 5.20. The van der Waals surface area contributed by atoms with Crippen LogP contribution in [-0.4, -0.2) is 55.9 Å². The predicted molar refractivity (Wildman–Crippen MR) is 73.4 cm³/mol. The Bertz CT molecular complexity index is 420. The van der Waals surface area contributed by atoms with Gasteiger partial charge in [-0.2, -0.15) is 0 Å². The lowest BCUT2D eigenvalue weighted by atomic mass is 10.0. The molecule has 2 N–H and O–H groups in total. The Balaban J connectivity index is 5.13. The average molecular weight is 305 g/mol. The number of carboxylic acid groups (broad SMARTS) is 2. The molecule has 0 saturated carbocycles. The minimum Gasteiger partial charge on any atom is -0.480 e. The average Bonchev–Trinajstić information content (AvgIpc) is 2.31. The van der Waals surface area contributed by atoms with Crippen molar-refractivity contribution < 1.29 is 29.4 Å². The highest BCUT2D eigenvalue weighted by molar-refractivity contribution is 8.13. The first kappa shape index (κ1) is 18.4. The molecule has 0 aromatic rings. The topological polar surface area (TPSA) is 112 Å². The van der Waals surface area contributed by atoms with Crippen LogP contribution in [0, 0.1) is 5.92 Å². The summed E-state index contributed by atoms with van der Waals surface area (Å²) in [6.45, 7) is 4.72. The van der Waals surface area contributed by atoms with Gasteiger partial charge in [-0.25, -0.2) is 4.79 Å². The monoisotopic (exact) mass is 305 g/mol. The van der Waals surface area contributed by atoms with E-state index in [1.807, 2.05) is 0 Å². The Hall–Kier alpha value is -1.57. The zero-order valence-electron chi connectivity index (χ0n) is 11.9. The molecule has 0 bridgehead atoms. The highest BCUT2D eigenvalue weighted by atomic mass is 32.2. The summed E-state index contributed by atoms with van der Waals surface area (Å²) < 4.78 is 0. The molecule has 0 aliphatic heterocycles. The fourth-order valence-corrected chi connectivity index (χ4v) is 2.01. The quantitative estimate of drug-likeness (QED) is 0.711. The molecule has 0 saturated heterocycles. The van der Waals surface area contributed by atoms with Gasteiger partial charge in [-0.3, -0.25) is 14.4 Å². The number of hydrogen-bond acceptors (Lipinski definition) is 5. The number of rotatable bonds is 7. The Kier molecular flexibility index (Phi) is 6.70. The molecule has 0 aliphatic rings. The molecule has 8 heteroatoms. The van der Waals surface area contributed by atoms with Crippen LogP contribution in [0.4, 0.5) is 0 Å².